The predicted molar refractivity (Wildman–Crippen MR) is 87.1 cm³/mol. The van der Waals surface area contributed by atoms with E-state index >= 15 is 0 Å². The Morgan fingerprint density at radius 3 is 2.62 bits per heavy atom. The molecule has 0 aliphatic rings. The molecule has 0 saturated carbocycles. The molecular weight excluding hydrogens is 284 g/mol. The number of ether oxygens (including phenoxy) is 1. The maximum atomic E-state index is 6.21. The van der Waals surface area contributed by atoms with E-state index in [-0.39, 0.29) is 0 Å². The lowest BCUT2D eigenvalue weighted by Gasteiger charge is -2.10. The lowest BCUT2D eigenvalue weighted by atomic mass is 10.1. The molecule has 0 bridgehead atoms. The van der Waals surface area contributed by atoms with Crippen LogP contribution in [-0.2, 0) is 6.61 Å². The molecule has 3 nitrogen and oxygen atoms in total. The largest absolute Gasteiger partial charge is 0.487 e. The maximum Gasteiger partial charge on any atom is 0.130 e. The Bertz CT molecular complexity index is 774. The number of anilines is 1. The summed E-state index contributed by atoms with van der Waals surface area (Å²) in [5.74, 6) is 1.64. The molecule has 4 heteroatoms. The highest BCUT2D eigenvalue weighted by Crippen LogP contribution is 2.31. The zero-order valence-electron chi connectivity index (χ0n) is 11.6. The molecule has 0 unspecified atom stereocenters. The van der Waals surface area contributed by atoms with Crippen LogP contribution in [0.1, 0.15) is 5.69 Å². The van der Waals surface area contributed by atoms with Gasteiger partial charge in [0.2, 0.25) is 0 Å². The van der Waals surface area contributed by atoms with Gasteiger partial charge in [-0.05, 0) is 24.3 Å². The molecule has 1 heterocycles. The minimum atomic E-state index is 0.418. The van der Waals surface area contributed by atoms with Gasteiger partial charge in [-0.15, -0.1) is 0 Å². The quantitative estimate of drug-likeness (QED) is 0.769. The van der Waals surface area contributed by atoms with E-state index in [2.05, 4.69) is 10.3 Å². The topological polar surface area (TPSA) is 34.1 Å². The van der Waals surface area contributed by atoms with Gasteiger partial charge in [-0.2, -0.15) is 0 Å². The third kappa shape index (κ3) is 2.93. The van der Waals surface area contributed by atoms with E-state index in [9.17, 15) is 0 Å². The Hall–Kier alpha value is -2.26. The van der Waals surface area contributed by atoms with Crippen molar-refractivity contribution in [1.82, 2.24) is 4.98 Å². The van der Waals surface area contributed by atoms with E-state index in [4.69, 9.17) is 16.3 Å². The van der Waals surface area contributed by atoms with E-state index in [0.717, 1.165) is 33.1 Å². The van der Waals surface area contributed by atoms with Crippen LogP contribution in [-0.4, -0.2) is 12.0 Å². The summed E-state index contributed by atoms with van der Waals surface area (Å²) < 4.78 is 5.91. The first-order valence-corrected chi connectivity index (χ1v) is 7.09. The lowest BCUT2D eigenvalue weighted by Crippen LogP contribution is -2.01. The second-order valence-corrected chi connectivity index (χ2v) is 5.05. The third-order valence-electron chi connectivity index (χ3n) is 3.27. The van der Waals surface area contributed by atoms with Gasteiger partial charge >= 0.3 is 0 Å². The smallest absolute Gasteiger partial charge is 0.130 e. The second kappa shape index (κ2) is 6.02. The Morgan fingerprint density at radius 2 is 1.81 bits per heavy atom. The Kier molecular flexibility index (Phi) is 3.93. The van der Waals surface area contributed by atoms with Crippen molar-refractivity contribution in [3.63, 3.8) is 0 Å². The highest BCUT2D eigenvalue weighted by Gasteiger charge is 2.06. The van der Waals surface area contributed by atoms with Gasteiger partial charge < -0.3 is 10.1 Å². The van der Waals surface area contributed by atoms with Crippen LogP contribution in [0.3, 0.4) is 0 Å². The first-order chi connectivity index (χ1) is 10.3. The van der Waals surface area contributed by atoms with Crippen molar-refractivity contribution in [3.8, 4) is 5.75 Å². The van der Waals surface area contributed by atoms with Crippen LogP contribution in [0.4, 0.5) is 5.82 Å². The molecule has 0 aliphatic heterocycles. The fourth-order valence-corrected chi connectivity index (χ4v) is 2.44. The summed E-state index contributed by atoms with van der Waals surface area (Å²) in [5.41, 5.74) is 0.876. The van der Waals surface area contributed by atoms with Crippen molar-refractivity contribution >= 4 is 28.2 Å². The van der Waals surface area contributed by atoms with Crippen molar-refractivity contribution in [2.75, 3.05) is 12.4 Å². The van der Waals surface area contributed by atoms with Gasteiger partial charge in [0.1, 0.15) is 18.2 Å². The van der Waals surface area contributed by atoms with Crippen LogP contribution in [0.15, 0.2) is 54.6 Å². The molecule has 1 aromatic heterocycles. The van der Waals surface area contributed by atoms with E-state index < -0.39 is 0 Å². The van der Waals surface area contributed by atoms with E-state index in [1.165, 1.54) is 0 Å². The third-order valence-corrected chi connectivity index (χ3v) is 3.60. The predicted octanol–water partition coefficient (Wildman–Crippen LogP) is 4.51. The Morgan fingerprint density at radius 1 is 1.00 bits per heavy atom. The number of aromatic nitrogens is 1. The van der Waals surface area contributed by atoms with Crippen LogP contribution in [0.2, 0.25) is 5.02 Å². The monoisotopic (exact) mass is 298 g/mol. The number of pyridine rings is 1. The minimum Gasteiger partial charge on any atom is -0.487 e. The summed E-state index contributed by atoms with van der Waals surface area (Å²) in [6, 6.07) is 17.5. The highest BCUT2D eigenvalue weighted by molar-refractivity contribution is 6.35. The molecule has 0 aliphatic carbocycles. The number of nitrogens with one attached hydrogen (secondary N) is 1. The summed E-state index contributed by atoms with van der Waals surface area (Å²) in [4.78, 5) is 4.44. The summed E-state index contributed by atoms with van der Waals surface area (Å²) in [6.45, 7) is 0.418. The molecule has 0 spiro atoms. The van der Waals surface area contributed by atoms with Crippen LogP contribution in [0.5, 0.6) is 5.75 Å². The fraction of sp³-hybridized carbons (Fsp3) is 0.118. The molecule has 3 rings (SSSR count). The Balaban J connectivity index is 1.87. The molecule has 0 amide bonds. The molecule has 106 valence electrons. The fourth-order valence-electron chi connectivity index (χ4n) is 2.21. The summed E-state index contributed by atoms with van der Waals surface area (Å²) in [7, 11) is 1.85. The number of nitrogens with zero attached hydrogens (tertiary/aromatic N) is 1. The first kappa shape index (κ1) is 13.7. The van der Waals surface area contributed by atoms with Gasteiger partial charge in [-0.25, -0.2) is 4.98 Å². The molecule has 0 radical (unpaired) electrons. The highest BCUT2D eigenvalue weighted by atomic mass is 35.5. The summed E-state index contributed by atoms with van der Waals surface area (Å²) in [5, 5.41) is 5.75. The van der Waals surface area contributed by atoms with Gasteiger partial charge in [0.25, 0.3) is 0 Å². The zero-order valence-corrected chi connectivity index (χ0v) is 12.4. The molecule has 21 heavy (non-hydrogen) atoms. The van der Waals surface area contributed by atoms with Gasteiger partial charge in [0.15, 0.2) is 0 Å². The van der Waals surface area contributed by atoms with Crippen LogP contribution in [0.25, 0.3) is 10.8 Å². The van der Waals surface area contributed by atoms with Gasteiger partial charge in [-0.3, -0.25) is 0 Å². The number of benzene rings is 2. The summed E-state index contributed by atoms with van der Waals surface area (Å²) in [6.07, 6.45) is 0. The minimum absolute atomic E-state index is 0.418. The van der Waals surface area contributed by atoms with E-state index in [1.54, 1.807) is 0 Å². The van der Waals surface area contributed by atoms with E-state index in [0.29, 0.717) is 6.61 Å². The van der Waals surface area contributed by atoms with E-state index in [1.807, 2.05) is 61.6 Å². The molecule has 0 saturated heterocycles. The van der Waals surface area contributed by atoms with Crippen molar-refractivity contribution < 1.29 is 4.74 Å². The number of hydrogen-bond acceptors (Lipinski definition) is 3. The van der Waals surface area contributed by atoms with Crippen LogP contribution < -0.4 is 10.1 Å². The van der Waals surface area contributed by atoms with Gasteiger partial charge in [0.05, 0.1) is 5.69 Å². The molecule has 0 fully saturated rings. The van der Waals surface area contributed by atoms with Crippen molar-refractivity contribution in [2.24, 2.45) is 0 Å². The number of hydrogen-bond donors (Lipinski definition) is 1. The van der Waals surface area contributed by atoms with Crippen LogP contribution in [0, 0.1) is 0 Å². The molecule has 1 N–H and O–H groups in total. The standard InChI is InChI=1S/C17H15ClN2O/c1-19-17-8-4-5-12(20-17)11-21-16-10-9-15(18)13-6-2-3-7-14(13)16/h2-10H,11H2,1H3,(H,19,20). The number of fused-ring (bicyclic) bond motifs is 1. The normalized spacial score (nSPS) is 10.6. The molecule has 0 atom stereocenters. The molecule has 3 aromatic rings. The zero-order chi connectivity index (χ0) is 14.7. The average Bonchev–Trinajstić information content (AvgIpc) is 2.55. The number of halogens is 1. The molecule has 2 aromatic carbocycles. The Labute approximate surface area is 128 Å². The molecular formula is C17H15ClN2O. The van der Waals surface area contributed by atoms with Crippen molar-refractivity contribution in [2.45, 2.75) is 6.61 Å². The van der Waals surface area contributed by atoms with Crippen LogP contribution >= 0.6 is 11.6 Å². The van der Waals surface area contributed by atoms with Crippen molar-refractivity contribution in [1.29, 1.82) is 0 Å². The second-order valence-electron chi connectivity index (χ2n) is 4.64. The van der Waals surface area contributed by atoms with Gasteiger partial charge in [-0.1, -0.05) is 41.9 Å². The maximum absolute atomic E-state index is 6.21. The first-order valence-electron chi connectivity index (χ1n) is 6.71. The number of rotatable bonds is 4. The average molecular weight is 299 g/mol. The lowest BCUT2D eigenvalue weighted by molar-refractivity contribution is 0.305. The van der Waals surface area contributed by atoms with Crippen molar-refractivity contribution in [3.05, 3.63) is 65.3 Å². The van der Waals surface area contributed by atoms with Gasteiger partial charge in [0, 0.05) is 22.8 Å². The summed E-state index contributed by atoms with van der Waals surface area (Å²) >= 11 is 6.21. The SMILES string of the molecule is CNc1cccc(COc2ccc(Cl)c3ccccc23)n1.